The zero-order valence-electron chi connectivity index (χ0n) is 9.31. The van der Waals surface area contributed by atoms with E-state index >= 15 is 0 Å². The standard InChI is InChI=1S/C13H13ClN2/c1-9(2)10-3-5-11(6-4-10)12-7-15-8-16-13(12)14/h3-9H,1-2H3. The quantitative estimate of drug-likeness (QED) is 0.734. The van der Waals surface area contributed by atoms with Crippen molar-refractivity contribution in [3.63, 3.8) is 0 Å². The molecule has 0 atom stereocenters. The van der Waals surface area contributed by atoms with Gasteiger partial charge >= 0.3 is 0 Å². The highest BCUT2D eigenvalue weighted by Gasteiger charge is 2.05. The summed E-state index contributed by atoms with van der Waals surface area (Å²) in [6, 6.07) is 8.34. The number of rotatable bonds is 2. The molecule has 0 aliphatic carbocycles. The SMILES string of the molecule is CC(C)c1ccc(-c2cncnc2Cl)cc1. The minimum Gasteiger partial charge on any atom is -0.244 e. The van der Waals surface area contributed by atoms with Crippen LogP contribution >= 0.6 is 11.6 Å². The van der Waals surface area contributed by atoms with Gasteiger partial charge in [-0.15, -0.1) is 0 Å². The lowest BCUT2D eigenvalue weighted by Gasteiger charge is -2.07. The first-order chi connectivity index (χ1) is 7.68. The summed E-state index contributed by atoms with van der Waals surface area (Å²) >= 11 is 6.01. The predicted molar refractivity (Wildman–Crippen MR) is 66.6 cm³/mol. The topological polar surface area (TPSA) is 25.8 Å². The van der Waals surface area contributed by atoms with Crippen molar-refractivity contribution in [2.75, 3.05) is 0 Å². The fraction of sp³-hybridized carbons (Fsp3) is 0.231. The largest absolute Gasteiger partial charge is 0.244 e. The molecular formula is C13H13ClN2. The summed E-state index contributed by atoms with van der Waals surface area (Å²) in [6.07, 6.45) is 3.19. The number of benzene rings is 1. The monoisotopic (exact) mass is 232 g/mol. The first kappa shape index (κ1) is 11.1. The van der Waals surface area contributed by atoms with Gasteiger partial charge in [0.2, 0.25) is 0 Å². The Kier molecular flexibility index (Phi) is 3.20. The van der Waals surface area contributed by atoms with Crippen LogP contribution in [0.1, 0.15) is 25.3 Å². The molecule has 0 spiro atoms. The molecule has 2 rings (SSSR count). The summed E-state index contributed by atoms with van der Waals surface area (Å²) < 4.78 is 0. The van der Waals surface area contributed by atoms with Crippen molar-refractivity contribution in [1.29, 1.82) is 0 Å². The van der Waals surface area contributed by atoms with Gasteiger partial charge in [-0.1, -0.05) is 49.7 Å². The molecule has 0 unspecified atom stereocenters. The van der Waals surface area contributed by atoms with Crippen molar-refractivity contribution in [1.82, 2.24) is 9.97 Å². The lowest BCUT2D eigenvalue weighted by molar-refractivity contribution is 0.867. The highest BCUT2D eigenvalue weighted by atomic mass is 35.5. The van der Waals surface area contributed by atoms with Gasteiger partial charge < -0.3 is 0 Å². The third-order valence-electron chi connectivity index (χ3n) is 2.55. The Balaban J connectivity index is 2.39. The first-order valence-electron chi connectivity index (χ1n) is 5.24. The van der Waals surface area contributed by atoms with E-state index in [9.17, 15) is 0 Å². The number of hydrogen-bond acceptors (Lipinski definition) is 2. The Labute approximate surface area is 100 Å². The summed E-state index contributed by atoms with van der Waals surface area (Å²) in [5.41, 5.74) is 3.24. The minimum atomic E-state index is 0.493. The molecule has 0 radical (unpaired) electrons. The molecule has 1 aromatic carbocycles. The minimum absolute atomic E-state index is 0.493. The maximum absolute atomic E-state index is 6.01. The average Bonchev–Trinajstić information content (AvgIpc) is 2.30. The van der Waals surface area contributed by atoms with E-state index in [4.69, 9.17) is 11.6 Å². The Morgan fingerprint density at radius 2 is 1.81 bits per heavy atom. The fourth-order valence-corrected chi connectivity index (χ4v) is 1.76. The third-order valence-corrected chi connectivity index (χ3v) is 2.85. The second-order valence-electron chi connectivity index (χ2n) is 4.00. The van der Waals surface area contributed by atoms with E-state index in [1.807, 2.05) is 0 Å². The molecule has 2 aromatic rings. The van der Waals surface area contributed by atoms with Gasteiger partial charge in [-0.3, -0.25) is 0 Å². The van der Waals surface area contributed by atoms with Crippen LogP contribution in [0.15, 0.2) is 36.8 Å². The maximum Gasteiger partial charge on any atom is 0.140 e. The molecule has 3 heteroatoms. The van der Waals surface area contributed by atoms with Gasteiger partial charge in [-0.05, 0) is 17.0 Å². The highest BCUT2D eigenvalue weighted by molar-refractivity contribution is 6.32. The van der Waals surface area contributed by atoms with Gasteiger partial charge in [0.1, 0.15) is 11.5 Å². The molecule has 0 N–H and O–H groups in total. The van der Waals surface area contributed by atoms with Gasteiger partial charge in [0, 0.05) is 11.8 Å². The zero-order chi connectivity index (χ0) is 11.5. The van der Waals surface area contributed by atoms with Crippen LogP contribution in [-0.2, 0) is 0 Å². The van der Waals surface area contributed by atoms with Gasteiger partial charge in [0.15, 0.2) is 0 Å². The molecule has 16 heavy (non-hydrogen) atoms. The van der Waals surface area contributed by atoms with Crippen molar-refractivity contribution < 1.29 is 0 Å². The molecule has 0 saturated heterocycles. The van der Waals surface area contributed by atoms with Crippen LogP contribution in [0.25, 0.3) is 11.1 Å². The smallest absolute Gasteiger partial charge is 0.140 e. The van der Waals surface area contributed by atoms with Gasteiger partial charge in [-0.2, -0.15) is 0 Å². The van der Waals surface area contributed by atoms with E-state index in [0.717, 1.165) is 11.1 Å². The molecule has 82 valence electrons. The third kappa shape index (κ3) is 2.22. The summed E-state index contributed by atoms with van der Waals surface area (Å²) in [4.78, 5) is 7.95. The molecule has 2 nitrogen and oxygen atoms in total. The van der Waals surface area contributed by atoms with Crippen molar-refractivity contribution in [3.8, 4) is 11.1 Å². The maximum atomic E-state index is 6.01. The summed E-state index contributed by atoms with van der Waals surface area (Å²) in [7, 11) is 0. The molecule has 0 aliphatic rings. The number of halogens is 1. The number of nitrogens with zero attached hydrogens (tertiary/aromatic N) is 2. The predicted octanol–water partition coefficient (Wildman–Crippen LogP) is 3.92. The molecule has 1 aromatic heterocycles. The lowest BCUT2D eigenvalue weighted by Crippen LogP contribution is -1.88. The van der Waals surface area contributed by atoms with E-state index < -0.39 is 0 Å². The normalized spacial score (nSPS) is 10.8. The molecule has 0 saturated carbocycles. The second kappa shape index (κ2) is 4.62. The Hall–Kier alpha value is -1.41. The van der Waals surface area contributed by atoms with Crippen LogP contribution in [0.2, 0.25) is 5.15 Å². The van der Waals surface area contributed by atoms with Gasteiger partial charge in [0.05, 0.1) is 0 Å². The van der Waals surface area contributed by atoms with E-state index in [1.54, 1.807) is 6.20 Å². The molecule has 1 heterocycles. The number of hydrogen-bond donors (Lipinski definition) is 0. The lowest BCUT2D eigenvalue weighted by atomic mass is 10.00. The Morgan fingerprint density at radius 1 is 1.12 bits per heavy atom. The van der Waals surface area contributed by atoms with Crippen LogP contribution < -0.4 is 0 Å². The van der Waals surface area contributed by atoms with E-state index in [1.165, 1.54) is 11.9 Å². The van der Waals surface area contributed by atoms with Crippen LogP contribution in [-0.4, -0.2) is 9.97 Å². The fourth-order valence-electron chi connectivity index (χ4n) is 1.56. The highest BCUT2D eigenvalue weighted by Crippen LogP contribution is 2.26. The molecule has 0 amide bonds. The Bertz CT molecular complexity index is 478. The Morgan fingerprint density at radius 3 is 2.38 bits per heavy atom. The van der Waals surface area contributed by atoms with E-state index in [-0.39, 0.29) is 0 Å². The van der Waals surface area contributed by atoms with Crippen LogP contribution in [0.5, 0.6) is 0 Å². The van der Waals surface area contributed by atoms with Crippen LogP contribution in [0.4, 0.5) is 0 Å². The second-order valence-corrected chi connectivity index (χ2v) is 4.36. The van der Waals surface area contributed by atoms with Crippen LogP contribution in [0.3, 0.4) is 0 Å². The summed E-state index contributed by atoms with van der Waals surface area (Å²) in [5.74, 6) is 0.538. The molecule has 0 bridgehead atoms. The summed E-state index contributed by atoms with van der Waals surface area (Å²) in [5, 5.41) is 0.493. The molecule has 0 aliphatic heterocycles. The van der Waals surface area contributed by atoms with Crippen molar-refractivity contribution in [3.05, 3.63) is 47.5 Å². The van der Waals surface area contributed by atoms with Crippen LogP contribution in [0, 0.1) is 0 Å². The van der Waals surface area contributed by atoms with E-state index in [2.05, 4.69) is 48.1 Å². The first-order valence-corrected chi connectivity index (χ1v) is 5.62. The van der Waals surface area contributed by atoms with E-state index in [0.29, 0.717) is 11.1 Å². The number of aromatic nitrogens is 2. The molecular weight excluding hydrogens is 220 g/mol. The van der Waals surface area contributed by atoms with Crippen molar-refractivity contribution in [2.24, 2.45) is 0 Å². The molecule has 0 fully saturated rings. The van der Waals surface area contributed by atoms with Crippen molar-refractivity contribution in [2.45, 2.75) is 19.8 Å². The zero-order valence-corrected chi connectivity index (χ0v) is 10.1. The summed E-state index contributed by atoms with van der Waals surface area (Å²) in [6.45, 7) is 4.35. The van der Waals surface area contributed by atoms with Gasteiger partial charge in [-0.25, -0.2) is 9.97 Å². The van der Waals surface area contributed by atoms with Gasteiger partial charge in [0.25, 0.3) is 0 Å². The van der Waals surface area contributed by atoms with Crippen molar-refractivity contribution >= 4 is 11.6 Å². The average molecular weight is 233 g/mol.